The number of nitrogens with one attached hydrogen (secondary N) is 1. The molecule has 2 rings (SSSR count). The summed E-state index contributed by atoms with van der Waals surface area (Å²) in [6.07, 6.45) is 2.88. The summed E-state index contributed by atoms with van der Waals surface area (Å²) < 4.78 is 0. The van der Waals surface area contributed by atoms with E-state index in [1.807, 2.05) is 0 Å². The molecule has 1 heterocycles. The Morgan fingerprint density at radius 1 is 1.31 bits per heavy atom. The molecule has 5 nitrogen and oxygen atoms in total. The fourth-order valence-electron chi connectivity index (χ4n) is 1.45. The molecule has 5 heteroatoms. The van der Waals surface area contributed by atoms with Crippen LogP contribution < -0.4 is 11.3 Å². The Kier molecular flexibility index (Phi) is 2.51. The first kappa shape index (κ1) is 10.1. The maximum absolute atomic E-state index is 11.5. The van der Waals surface area contributed by atoms with Crippen molar-refractivity contribution in [3.8, 4) is 11.3 Å². The Labute approximate surface area is 91.0 Å². The van der Waals surface area contributed by atoms with Crippen LogP contribution in [-0.4, -0.2) is 15.9 Å². The Hall–Kier alpha value is -2.43. The molecule has 0 aliphatic carbocycles. The Morgan fingerprint density at radius 3 is 2.75 bits per heavy atom. The van der Waals surface area contributed by atoms with Gasteiger partial charge in [0.1, 0.15) is 5.69 Å². The lowest BCUT2D eigenvalue weighted by Crippen LogP contribution is -2.16. The highest BCUT2D eigenvalue weighted by Crippen LogP contribution is 2.17. The van der Waals surface area contributed by atoms with Crippen LogP contribution in [0.4, 0.5) is 0 Å². The normalized spacial score (nSPS) is 10.0. The molecule has 1 aromatic carbocycles. The largest absolute Gasteiger partial charge is 0.366 e. The van der Waals surface area contributed by atoms with Crippen LogP contribution in [0.25, 0.3) is 11.3 Å². The molecule has 1 amide bonds. The number of nitrogens with zero attached hydrogens (tertiary/aromatic N) is 1. The number of aromatic nitrogens is 2. The standard InChI is InChI=1S/C11H9N3O2/c12-10(15)8-4-2-1-3-7(8)9-11(16)14-6-5-13-9/h1-6H,(H2,12,15)(H,14,16). The lowest BCUT2D eigenvalue weighted by Gasteiger charge is -2.03. The van der Waals surface area contributed by atoms with Crippen molar-refractivity contribution in [2.45, 2.75) is 0 Å². The van der Waals surface area contributed by atoms with Gasteiger partial charge in [0.05, 0.1) is 0 Å². The van der Waals surface area contributed by atoms with E-state index in [-0.39, 0.29) is 16.8 Å². The number of benzene rings is 1. The van der Waals surface area contributed by atoms with E-state index in [0.29, 0.717) is 5.56 Å². The smallest absolute Gasteiger partial charge is 0.274 e. The van der Waals surface area contributed by atoms with Crippen molar-refractivity contribution in [1.29, 1.82) is 0 Å². The fourth-order valence-corrected chi connectivity index (χ4v) is 1.45. The molecule has 0 radical (unpaired) electrons. The Balaban J connectivity index is 2.70. The number of hydrogen-bond acceptors (Lipinski definition) is 3. The third-order valence-electron chi connectivity index (χ3n) is 2.16. The van der Waals surface area contributed by atoms with Crippen molar-refractivity contribution in [2.24, 2.45) is 5.73 Å². The highest BCUT2D eigenvalue weighted by atomic mass is 16.1. The molecule has 0 spiro atoms. The molecule has 0 atom stereocenters. The predicted molar refractivity (Wildman–Crippen MR) is 58.8 cm³/mol. The van der Waals surface area contributed by atoms with Gasteiger partial charge < -0.3 is 10.7 Å². The molecule has 0 fully saturated rings. The van der Waals surface area contributed by atoms with E-state index < -0.39 is 5.91 Å². The quantitative estimate of drug-likeness (QED) is 0.766. The number of carbonyl (C=O) groups excluding carboxylic acids is 1. The minimum absolute atomic E-state index is 0.192. The zero-order valence-electron chi connectivity index (χ0n) is 8.31. The van der Waals surface area contributed by atoms with Crippen molar-refractivity contribution >= 4 is 5.91 Å². The molecule has 2 aromatic rings. The van der Waals surface area contributed by atoms with Gasteiger partial charge in [0.15, 0.2) is 0 Å². The second-order valence-corrected chi connectivity index (χ2v) is 3.18. The summed E-state index contributed by atoms with van der Waals surface area (Å²) in [5.74, 6) is -0.583. The number of nitrogens with two attached hydrogens (primary N) is 1. The lowest BCUT2D eigenvalue weighted by molar-refractivity contribution is 0.100. The van der Waals surface area contributed by atoms with Crippen LogP contribution in [0.15, 0.2) is 41.5 Å². The van der Waals surface area contributed by atoms with E-state index in [1.165, 1.54) is 12.4 Å². The van der Waals surface area contributed by atoms with Crippen LogP contribution in [-0.2, 0) is 0 Å². The zero-order valence-corrected chi connectivity index (χ0v) is 8.31. The Bertz CT molecular complexity index is 590. The first-order valence-electron chi connectivity index (χ1n) is 4.63. The third kappa shape index (κ3) is 1.70. The van der Waals surface area contributed by atoms with Crippen LogP contribution in [0, 0.1) is 0 Å². The molecule has 0 bridgehead atoms. The Morgan fingerprint density at radius 2 is 2.06 bits per heavy atom. The molecule has 0 aliphatic heterocycles. The SMILES string of the molecule is NC(=O)c1ccccc1-c1ncc[nH]c1=O. The maximum Gasteiger partial charge on any atom is 0.274 e. The average Bonchev–Trinajstić information content (AvgIpc) is 2.29. The van der Waals surface area contributed by atoms with Crippen molar-refractivity contribution in [1.82, 2.24) is 9.97 Å². The average molecular weight is 215 g/mol. The first-order chi connectivity index (χ1) is 7.70. The maximum atomic E-state index is 11.5. The van der Waals surface area contributed by atoms with E-state index in [1.54, 1.807) is 24.3 Å². The highest BCUT2D eigenvalue weighted by Gasteiger charge is 2.12. The zero-order chi connectivity index (χ0) is 11.5. The van der Waals surface area contributed by atoms with Gasteiger partial charge in [-0.15, -0.1) is 0 Å². The number of rotatable bonds is 2. The number of primary amides is 1. The summed E-state index contributed by atoms with van der Waals surface area (Å²) in [6.45, 7) is 0. The summed E-state index contributed by atoms with van der Waals surface area (Å²) >= 11 is 0. The highest BCUT2D eigenvalue weighted by molar-refractivity contribution is 5.99. The third-order valence-corrected chi connectivity index (χ3v) is 2.16. The van der Waals surface area contributed by atoms with Crippen molar-refractivity contribution in [2.75, 3.05) is 0 Å². The molecule has 0 saturated heterocycles. The van der Waals surface area contributed by atoms with Gasteiger partial charge in [-0.2, -0.15) is 0 Å². The van der Waals surface area contributed by atoms with Crippen LogP contribution in [0.1, 0.15) is 10.4 Å². The molecule has 0 aliphatic rings. The number of aromatic amines is 1. The molecule has 0 unspecified atom stereocenters. The second-order valence-electron chi connectivity index (χ2n) is 3.18. The summed E-state index contributed by atoms with van der Waals surface area (Å²) in [5.41, 5.74) is 5.79. The van der Waals surface area contributed by atoms with E-state index in [9.17, 15) is 9.59 Å². The molecule has 3 N–H and O–H groups in total. The predicted octanol–water partition coefficient (Wildman–Crippen LogP) is 0.536. The van der Waals surface area contributed by atoms with Gasteiger partial charge in [-0.1, -0.05) is 18.2 Å². The van der Waals surface area contributed by atoms with Gasteiger partial charge in [-0.05, 0) is 6.07 Å². The molecule has 0 saturated carbocycles. The number of carbonyl (C=O) groups is 1. The summed E-state index contributed by atoms with van der Waals surface area (Å²) in [6, 6.07) is 6.60. The molecule has 16 heavy (non-hydrogen) atoms. The molecule has 1 aromatic heterocycles. The van der Waals surface area contributed by atoms with Gasteiger partial charge in [-0.3, -0.25) is 9.59 Å². The minimum atomic E-state index is -0.583. The van der Waals surface area contributed by atoms with E-state index in [2.05, 4.69) is 9.97 Å². The van der Waals surface area contributed by atoms with Crippen LogP contribution >= 0.6 is 0 Å². The van der Waals surface area contributed by atoms with E-state index >= 15 is 0 Å². The van der Waals surface area contributed by atoms with E-state index in [0.717, 1.165) is 0 Å². The van der Waals surface area contributed by atoms with Crippen LogP contribution in [0.3, 0.4) is 0 Å². The second kappa shape index (κ2) is 3.98. The van der Waals surface area contributed by atoms with Gasteiger partial charge >= 0.3 is 0 Å². The van der Waals surface area contributed by atoms with Gasteiger partial charge in [0.25, 0.3) is 5.56 Å². The minimum Gasteiger partial charge on any atom is -0.366 e. The van der Waals surface area contributed by atoms with E-state index in [4.69, 9.17) is 5.73 Å². The summed E-state index contributed by atoms with van der Waals surface area (Å²) in [4.78, 5) is 29.1. The first-order valence-corrected chi connectivity index (χ1v) is 4.63. The van der Waals surface area contributed by atoms with Crippen molar-refractivity contribution < 1.29 is 4.79 Å². The fraction of sp³-hybridized carbons (Fsp3) is 0. The monoisotopic (exact) mass is 215 g/mol. The topological polar surface area (TPSA) is 88.8 Å². The molecule has 80 valence electrons. The van der Waals surface area contributed by atoms with Gasteiger partial charge in [-0.25, -0.2) is 4.98 Å². The van der Waals surface area contributed by atoms with Gasteiger partial charge in [0.2, 0.25) is 5.91 Å². The van der Waals surface area contributed by atoms with Crippen LogP contribution in [0.5, 0.6) is 0 Å². The van der Waals surface area contributed by atoms with Crippen molar-refractivity contribution in [3.63, 3.8) is 0 Å². The van der Waals surface area contributed by atoms with Crippen LogP contribution in [0.2, 0.25) is 0 Å². The number of H-pyrrole nitrogens is 1. The summed E-state index contributed by atoms with van der Waals surface area (Å²) in [5, 5.41) is 0. The summed E-state index contributed by atoms with van der Waals surface area (Å²) in [7, 11) is 0. The number of amides is 1. The van der Waals surface area contributed by atoms with Crippen molar-refractivity contribution in [3.05, 3.63) is 52.6 Å². The lowest BCUT2D eigenvalue weighted by atomic mass is 10.0. The molecular weight excluding hydrogens is 206 g/mol. The molecular formula is C11H9N3O2. The van der Waals surface area contributed by atoms with Gasteiger partial charge in [0, 0.05) is 23.5 Å². The number of hydrogen-bond donors (Lipinski definition) is 2.